The second kappa shape index (κ2) is 4.92. The lowest BCUT2D eigenvalue weighted by molar-refractivity contribution is 0.471. The Morgan fingerprint density at radius 2 is 2.36 bits per heavy atom. The Morgan fingerprint density at radius 1 is 1.64 bits per heavy atom. The third kappa shape index (κ3) is 2.97. The van der Waals surface area contributed by atoms with Crippen LogP contribution in [0.2, 0.25) is 0 Å². The Hall–Kier alpha value is -1.14. The summed E-state index contributed by atoms with van der Waals surface area (Å²) in [5.41, 5.74) is 8.12. The fourth-order valence-corrected chi connectivity index (χ4v) is 1.24. The minimum Gasteiger partial charge on any atom is -0.506 e. The molecule has 4 N–H and O–H groups in total. The number of thiocarbonyl (C=S) groups is 1. The number of hydrogen-bond acceptors (Lipinski definition) is 3. The number of nitrogens with one attached hydrogen (secondary N) is 1. The van der Waals surface area contributed by atoms with Gasteiger partial charge in [-0.2, -0.15) is 5.10 Å². The van der Waals surface area contributed by atoms with Gasteiger partial charge in [0, 0.05) is 5.56 Å². The number of nitrogens with two attached hydrogens (primary N) is 1. The largest absolute Gasteiger partial charge is 0.506 e. The molecule has 74 valence electrons. The van der Waals surface area contributed by atoms with E-state index in [2.05, 4.69) is 38.7 Å². The van der Waals surface area contributed by atoms with Gasteiger partial charge < -0.3 is 10.8 Å². The number of para-hydroxylation sites is 1. The number of rotatable bonds is 2. The Bertz CT molecular complexity index is 381. The zero-order valence-electron chi connectivity index (χ0n) is 7.07. The number of halogens is 1. The highest BCUT2D eigenvalue weighted by Crippen LogP contribution is 2.25. The van der Waals surface area contributed by atoms with Crippen molar-refractivity contribution in [3.8, 4) is 5.75 Å². The number of hydrogen-bond donors (Lipinski definition) is 3. The lowest BCUT2D eigenvalue weighted by Gasteiger charge is -2.00. The van der Waals surface area contributed by atoms with Crippen LogP contribution >= 0.6 is 28.1 Å². The molecule has 0 amide bonds. The summed E-state index contributed by atoms with van der Waals surface area (Å²) in [7, 11) is 0. The fourth-order valence-electron chi connectivity index (χ4n) is 0.802. The maximum absolute atomic E-state index is 9.53. The average Bonchev–Trinajstić information content (AvgIpc) is 2.12. The summed E-state index contributed by atoms with van der Waals surface area (Å²) in [5, 5.41) is 13.3. The first-order valence-electron chi connectivity index (χ1n) is 3.67. The van der Waals surface area contributed by atoms with Crippen LogP contribution in [0.5, 0.6) is 5.75 Å². The molecule has 14 heavy (non-hydrogen) atoms. The minimum absolute atomic E-state index is 0.0794. The molecular weight excluding hydrogens is 266 g/mol. The molecule has 0 bridgehead atoms. The standard InChI is InChI=1S/C8H8BrN3OS/c9-6-3-1-2-5(7(6)13)4-11-12-8(10)14/h1-4,13H,(H3,10,12,14)/b11-4+. The molecule has 0 radical (unpaired) electrons. The Balaban J connectivity index is 2.81. The second-order valence-electron chi connectivity index (χ2n) is 2.41. The molecule has 0 spiro atoms. The van der Waals surface area contributed by atoms with E-state index in [0.717, 1.165) is 0 Å². The number of hydrazone groups is 1. The molecule has 4 nitrogen and oxygen atoms in total. The molecule has 0 saturated carbocycles. The van der Waals surface area contributed by atoms with Crippen molar-refractivity contribution in [1.29, 1.82) is 0 Å². The summed E-state index contributed by atoms with van der Waals surface area (Å²) in [6.45, 7) is 0. The Kier molecular flexibility index (Phi) is 3.84. The topological polar surface area (TPSA) is 70.6 Å². The summed E-state index contributed by atoms with van der Waals surface area (Å²) in [6.07, 6.45) is 1.43. The number of benzene rings is 1. The van der Waals surface area contributed by atoms with Crippen molar-refractivity contribution >= 4 is 39.5 Å². The van der Waals surface area contributed by atoms with Crippen LogP contribution in [0.15, 0.2) is 27.8 Å². The van der Waals surface area contributed by atoms with E-state index in [9.17, 15) is 5.11 Å². The molecule has 0 aliphatic carbocycles. The van der Waals surface area contributed by atoms with Crippen LogP contribution < -0.4 is 11.2 Å². The van der Waals surface area contributed by atoms with Gasteiger partial charge in [0.2, 0.25) is 0 Å². The SMILES string of the molecule is NC(=S)N/N=C/c1cccc(Br)c1O. The van der Waals surface area contributed by atoms with Crippen LogP contribution in [-0.4, -0.2) is 16.4 Å². The van der Waals surface area contributed by atoms with Gasteiger partial charge in [-0.3, -0.25) is 5.43 Å². The Morgan fingerprint density at radius 3 is 3.00 bits per heavy atom. The molecule has 0 unspecified atom stereocenters. The smallest absolute Gasteiger partial charge is 0.184 e. The van der Waals surface area contributed by atoms with E-state index in [4.69, 9.17) is 5.73 Å². The van der Waals surface area contributed by atoms with Crippen molar-refractivity contribution in [1.82, 2.24) is 5.43 Å². The van der Waals surface area contributed by atoms with Gasteiger partial charge in [0.15, 0.2) is 5.11 Å². The summed E-state index contributed by atoms with van der Waals surface area (Å²) < 4.78 is 0.608. The summed E-state index contributed by atoms with van der Waals surface area (Å²) in [6, 6.07) is 5.23. The number of aromatic hydroxyl groups is 1. The van der Waals surface area contributed by atoms with E-state index in [0.29, 0.717) is 10.0 Å². The van der Waals surface area contributed by atoms with Gasteiger partial charge in [0.25, 0.3) is 0 Å². The quantitative estimate of drug-likeness (QED) is 0.432. The zero-order valence-corrected chi connectivity index (χ0v) is 9.47. The highest BCUT2D eigenvalue weighted by molar-refractivity contribution is 9.10. The van der Waals surface area contributed by atoms with Crippen molar-refractivity contribution in [3.63, 3.8) is 0 Å². The first kappa shape index (κ1) is 10.9. The van der Waals surface area contributed by atoms with E-state index in [-0.39, 0.29) is 10.9 Å². The number of phenols is 1. The van der Waals surface area contributed by atoms with Crippen molar-refractivity contribution in [2.45, 2.75) is 0 Å². The third-order valence-corrected chi connectivity index (χ3v) is 2.13. The number of nitrogens with zero attached hydrogens (tertiary/aromatic N) is 1. The lowest BCUT2D eigenvalue weighted by Crippen LogP contribution is -2.23. The van der Waals surface area contributed by atoms with Crippen molar-refractivity contribution < 1.29 is 5.11 Å². The molecule has 0 fully saturated rings. The van der Waals surface area contributed by atoms with Gasteiger partial charge in [0.05, 0.1) is 10.7 Å². The average molecular weight is 274 g/mol. The number of phenolic OH excluding ortho intramolecular Hbond substituents is 1. The van der Waals surface area contributed by atoms with Crippen molar-refractivity contribution in [2.24, 2.45) is 10.8 Å². The maximum atomic E-state index is 9.53. The molecule has 0 aliphatic rings. The van der Waals surface area contributed by atoms with E-state index in [1.54, 1.807) is 18.2 Å². The molecule has 1 aromatic carbocycles. The van der Waals surface area contributed by atoms with E-state index in [1.807, 2.05) is 0 Å². The highest BCUT2D eigenvalue weighted by Gasteiger charge is 2.01. The van der Waals surface area contributed by atoms with Crippen LogP contribution in [-0.2, 0) is 0 Å². The van der Waals surface area contributed by atoms with Gasteiger partial charge in [0.1, 0.15) is 5.75 Å². The predicted molar refractivity (Wildman–Crippen MR) is 63.3 cm³/mol. The first-order valence-corrected chi connectivity index (χ1v) is 4.87. The molecule has 0 heterocycles. The zero-order chi connectivity index (χ0) is 10.6. The van der Waals surface area contributed by atoms with E-state index < -0.39 is 0 Å². The third-order valence-electron chi connectivity index (χ3n) is 1.40. The molecule has 0 saturated heterocycles. The highest BCUT2D eigenvalue weighted by atomic mass is 79.9. The summed E-state index contributed by atoms with van der Waals surface area (Å²) in [4.78, 5) is 0. The molecule has 0 aromatic heterocycles. The van der Waals surface area contributed by atoms with Crippen molar-refractivity contribution in [2.75, 3.05) is 0 Å². The fraction of sp³-hybridized carbons (Fsp3) is 0. The summed E-state index contributed by atoms with van der Waals surface area (Å²) in [5.74, 6) is 0.126. The normalized spacial score (nSPS) is 10.4. The predicted octanol–water partition coefficient (Wildman–Crippen LogP) is 1.32. The van der Waals surface area contributed by atoms with E-state index >= 15 is 0 Å². The van der Waals surface area contributed by atoms with E-state index in [1.165, 1.54) is 6.21 Å². The first-order chi connectivity index (χ1) is 6.61. The molecular formula is C8H8BrN3OS. The lowest BCUT2D eigenvalue weighted by atomic mass is 10.2. The molecule has 0 aliphatic heterocycles. The molecule has 1 aromatic rings. The molecule has 6 heteroatoms. The van der Waals surface area contributed by atoms with Gasteiger partial charge in [-0.15, -0.1) is 0 Å². The van der Waals surface area contributed by atoms with Crippen LogP contribution in [0, 0.1) is 0 Å². The van der Waals surface area contributed by atoms with Gasteiger partial charge in [-0.25, -0.2) is 0 Å². The summed E-state index contributed by atoms with van der Waals surface area (Å²) >= 11 is 7.74. The molecule has 0 atom stereocenters. The van der Waals surface area contributed by atoms with Crippen molar-refractivity contribution in [3.05, 3.63) is 28.2 Å². The van der Waals surface area contributed by atoms with Crippen LogP contribution in [0.1, 0.15) is 5.56 Å². The molecule has 1 rings (SSSR count). The van der Waals surface area contributed by atoms with Crippen LogP contribution in [0.4, 0.5) is 0 Å². The second-order valence-corrected chi connectivity index (χ2v) is 3.71. The van der Waals surface area contributed by atoms with Crippen LogP contribution in [0.3, 0.4) is 0 Å². The van der Waals surface area contributed by atoms with Gasteiger partial charge in [-0.1, -0.05) is 6.07 Å². The van der Waals surface area contributed by atoms with Gasteiger partial charge >= 0.3 is 0 Å². The minimum atomic E-state index is 0.0794. The van der Waals surface area contributed by atoms with Crippen LogP contribution in [0.25, 0.3) is 0 Å². The Labute approximate surface area is 94.9 Å². The van der Waals surface area contributed by atoms with Gasteiger partial charge in [-0.05, 0) is 40.3 Å². The monoisotopic (exact) mass is 273 g/mol. The maximum Gasteiger partial charge on any atom is 0.184 e.